The van der Waals surface area contributed by atoms with E-state index in [1.54, 1.807) is 36.4 Å². The summed E-state index contributed by atoms with van der Waals surface area (Å²) in [5, 5.41) is 12.9. The van der Waals surface area contributed by atoms with E-state index in [-0.39, 0.29) is 17.2 Å². The molecule has 2 N–H and O–H groups in total. The molecule has 2 heterocycles. The summed E-state index contributed by atoms with van der Waals surface area (Å²) >= 11 is 0. The molecule has 6 nitrogen and oxygen atoms in total. The zero-order valence-electron chi connectivity index (χ0n) is 15.2. The molecule has 1 amide bonds. The summed E-state index contributed by atoms with van der Waals surface area (Å²) < 4.78 is 1.45. The molecule has 140 valence electrons. The van der Waals surface area contributed by atoms with Crippen molar-refractivity contribution in [2.45, 2.75) is 0 Å². The number of rotatable bonds is 2. The van der Waals surface area contributed by atoms with Crippen molar-refractivity contribution in [1.29, 1.82) is 0 Å². The summed E-state index contributed by atoms with van der Waals surface area (Å²) in [6.45, 7) is 0. The highest BCUT2D eigenvalue weighted by molar-refractivity contribution is 6.34. The van der Waals surface area contributed by atoms with Crippen molar-refractivity contribution in [3.63, 3.8) is 0 Å². The summed E-state index contributed by atoms with van der Waals surface area (Å²) in [6, 6.07) is 20.7. The predicted molar refractivity (Wildman–Crippen MR) is 112 cm³/mol. The molecule has 1 aliphatic rings. The van der Waals surface area contributed by atoms with Gasteiger partial charge in [-0.05, 0) is 48.5 Å². The second kappa shape index (κ2) is 6.45. The first-order chi connectivity index (χ1) is 14.1. The van der Waals surface area contributed by atoms with E-state index in [2.05, 4.69) is 10.3 Å². The van der Waals surface area contributed by atoms with Crippen molar-refractivity contribution >= 4 is 34.1 Å². The van der Waals surface area contributed by atoms with Crippen LogP contribution in [-0.4, -0.2) is 20.6 Å². The van der Waals surface area contributed by atoms with Crippen LogP contribution in [0.4, 0.5) is 5.69 Å². The molecule has 5 rings (SSSR count). The van der Waals surface area contributed by atoms with Gasteiger partial charge >= 0.3 is 0 Å². The molecule has 0 aliphatic carbocycles. The van der Waals surface area contributed by atoms with E-state index in [9.17, 15) is 14.7 Å². The summed E-state index contributed by atoms with van der Waals surface area (Å²) in [7, 11) is 0. The molecule has 0 unspecified atom stereocenters. The topological polar surface area (TPSA) is 84.2 Å². The van der Waals surface area contributed by atoms with E-state index in [1.807, 2.05) is 30.3 Å². The summed E-state index contributed by atoms with van der Waals surface area (Å²) in [5.74, 6) is 0.187. The Kier molecular flexibility index (Phi) is 3.77. The number of carbonyl (C=O) groups excluding carboxylic acids is 1. The summed E-state index contributed by atoms with van der Waals surface area (Å²) in [5.41, 5.74) is 2.77. The van der Waals surface area contributed by atoms with Gasteiger partial charge in [0, 0.05) is 11.3 Å². The van der Waals surface area contributed by atoms with Crippen LogP contribution >= 0.6 is 0 Å². The number of aromatic hydroxyl groups is 1. The Morgan fingerprint density at radius 3 is 2.45 bits per heavy atom. The normalized spacial score (nSPS) is 14.2. The van der Waals surface area contributed by atoms with Crippen molar-refractivity contribution in [2.75, 3.05) is 5.32 Å². The Hall–Kier alpha value is -4.19. The lowest BCUT2D eigenvalue weighted by Crippen LogP contribution is -2.22. The van der Waals surface area contributed by atoms with Crippen molar-refractivity contribution in [3.05, 3.63) is 94.5 Å². The molecule has 0 saturated carbocycles. The van der Waals surface area contributed by atoms with Crippen LogP contribution in [0.25, 0.3) is 28.2 Å². The molecule has 1 aliphatic heterocycles. The lowest BCUT2D eigenvalue weighted by molar-refractivity contribution is -0.110. The lowest BCUT2D eigenvalue weighted by atomic mass is 10.1. The van der Waals surface area contributed by atoms with Crippen LogP contribution in [0.1, 0.15) is 11.4 Å². The molecule has 0 bridgehead atoms. The second-order valence-corrected chi connectivity index (χ2v) is 6.70. The van der Waals surface area contributed by atoms with E-state index in [0.29, 0.717) is 28.0 Å². The minimum atomic E-state index is -0.250. The fourth-order valence-electron chi connectivity index (χ4n) is 3.51. The van der Waals surface area contributed by atoms with Gasteiger partial charge in [0.1, 0.15) is 11.6 Å². The van der Waals surface area contributed by atoms with Crippen LogP contribution in [0.15, 0.2) is 77.6 Å². The fraction of sp³-hybridized carbons (Fsp3) is 0. The third kappa shape index (κ3) is 2.78. The van der Waals surface area contributed by atoms with Crippen LogP contribution in [0.2, 0.25) is 0 Å². The molecule has 0 spiro atoms. The Morgan fingerprint density at radius 1 is 0.897 bits per heavy atom. The van der Waals surface area contributed by atoms with Gasteiger partial charge in [-0.25, -0.2) is 4.98 Å². The number of carbonyl (C=O) groups is 1. The molecule has 4 aromatic rings. The van der Waals surface area contributed by atoms with Crippen molar-refractivity contribution in [2.24, 2.45) is 0 Å². The average molecular weight is 381 g/mol. The van der Waals surface area contributed by atoms with Gasteiger partial charge in [0.05, 0.1) is 22.2 Å². The first-order valence-electron chi connectivity index (χ1n) is 9.05. The molecule has 29 heavy (non-hydrogen) atoms. The van der Waals surface area contributed by atoms with Crippen LogP contribution in [-0.2, 0) is 4.79 Å². The molecule has 3 aromatic carbocycles. The van der Waals surface area contributed by atoms with Crippen molar-refractivity contribution in [1.82, 2.24) is 9.55 Å². The number of hydrogen-bond donors (Lipinski definition) is 2. The van der Waals surface area contributed by atoms with E-state index < -0.39 is 0 Å². The van der Waals surface area contributed by atoms with Gasteiger partial charge in [-0.15, -0.1) is 0 Å². The number of amides is 1. The lowest BCUT2D eigenvalue weighted by Gasteiger charge is -2.12. The van der Waals surface area contributed by atoms with Crippen molar-refractivity contribution < 1.29 is 9.90 Å². The predicted octanol–water partition coefficient (Wildman–Crippen LogP) is 3.58. The molecular weight excluding hydrogens is 366 g/mol. The number of nitrogens with one attached hydrogen (secondary N) is 1. The molecule has 6 heteroatoms. The number of hydrogen-bond acceptors (Lipinski definition) is 4. The number of para-hydroxylation sites is 2. The van der Waals surface area contributed by atoms with Gasteiger partial charge in [0.15, 0.2) is 0 Å². The van der Waals surface area contributed by atoms with Gasteiger partial charge in [-0.3, -0.25) is 14.2 Å². The number of anilines is 1. The Balaban J connectivity index is 1.82. The quantitative estimate of drug-likeness (QED) is 0.520. The van der Waals surface area contributed by atoms with E-state index in [1.165, 1.54) is 16.7 Å². The number of phenols is 1. The third-order valence-corrected chi connectivity index (χ3v) is 4.89. The summed E-state index contributed by atoms with van der Waals surface area (Å²) in [6.07, 6.45) is 1.63. The minimum Gasteiger partial charge on any atom is -0.508 e. The number of benzene rings is 3. The van der Waals surface area contributed by atoms with Crippen LogP contribution in [0, 0.1) is 0 Å². The molecular formula is C23H15N3O3. The van der Waals surface area contributed by atoms with Gasteiger partial charge in [-0.1, -0.05) is 30.3 Å². The summed E-state index contributed by atoms with van der Waals surface area (Å²) in [4.78, 5) is 30.5. The van der Waals surface area contributed by atoms with Gasteiger partial charge < -0.3 is 10.4 Å². The highest BCUT2D eigenvalue weighted by Gasteiger charge is 2.24. The molecule has 0 atom stereocenters. The largest absolute Gasteiger partial charge is 0.508 e. The van der Waals surface area contributed by atoms with E-state index >= 15 is 0 Å². The Labute approximate surface area is 165 Å². The second-order valence-electron chi connectivity index (χ2n) is 6.70. The molecule has 0 fully saturated rings. The van der Waals surface area contributed by atoms with Crippen LogP contribution in [0.3, 0.4) is 0 Å². The molecule has 0 saturated heterocycles. The first-order valence-corrected chi connectivity index (χ1v) is 9.05. The fourth-order valence-corrected chi connectivity index (χ4v) is 3.51. The van der Waals surface area contributed by atoms with Crippen molar-refractivity contribution in [3.8, 4) is 11.4 Å². The maximum atomic E-state index is 13.3. The first kappa shape index (κ1) is 16.9. The van der Waals surface area contributed by atoms with Gasteiger partial charge in [0.25, 0.3) is 11.5 Å². The number of aromatic nitrogens is 2. The Morgan fingerprint density at radius 2 is 1.62 bits per heavy atom. The van der Waals surface area contributed by atoms with E-state index in [0.717, 1.165) is 11.3 Å². The minimum absolute atomic E-state index is 0.0968. The average Bonchev–Trinajstić information content (AvgIpc) is 3.05. The van der Waals surface area contributed by atoms with E-state index in [4.69, 9.17) is 0 Å². The maximum Gasteiger partial charge on any atom is 0.266 e. The highest BCUT2D eigenvalue weighted by atomic mass is 16.3. The maximum absolute atomic E-state index is 13.3. The monoisotopic (exact) mass is 381 g/mol. The number of nitrogens with zero attached hydrogens (tertiary/aromatic N) is 2. The SMILES string of the molecule is O=C1Nc2ccccc2/C1=C\c1nc2ccccc2c(=O)n1-c1ccc(O)cc1. The smallest absolute Gasteiger partial charge is 0.266 e. The van der Waals surface area contributed by atoms with Crippen LogP contribution in [0.5, 0.6) is 5.75 Å². The standard InChI is InChI=1S/C23H15N3O3/c27-15-11-9-14(10-12-15)26-21(24-20-8-4-2-6-17(20)23(26)29)13-18-16-5-1-3-7-19(16)25-22(18)28/h1-13,27H,(H,25,28)/b18-13+. The molecule has 0 radical (unpaired) electrons. The number of phenolic OH excluding ortho intramolecular Hbond substituents is 1. The van der Waals surface area contributed by atoms with Crippen LogP contribution < -0.4 is 10.9 Å². The number of fused-ring (bicyclic) bond motifs is 2. The zero-order valence-corrected chi connectivity index (χ0v) is 15.2. The Bertz CT molecular complexity index is 1370. The zero-order chi connectivity index (χ0) is 20.0. The third-order valence-electron chi connectivity index (χ3n) is 4.89. The highest BCUT2D eigenvalue weighted by Crippen LogP contribution is 2.32. The van der Waals surface area contributed by atoms with Gasteiger partial charge in [0.2, 0.25) is 0 Å². The molecule has 1 aromatic heterocycles. The van der Waals surface area contributed by atoms with Gasteiger partial charge in [-0.2, -0.15) is 0 Å².